The second-order valence-electron chi connectivity index (χ2n) is 5.66. The number of anilines is 1. The Hall–Kier alpha value is -1.55. The first-order valence-corrected chi connectivity index (χ1v) is 9.20. The molecule has 1 heterocycles. The Morgan fingerprint density at radius 2 is 1.87 bits per heavy atom. The lowest BCUT2D eigenvalue weighted by Gasteiger charge is -2.18. The summed E-state index contributed by atoms with van der Waals surface area (Å²) in [4.78, 5) is 12.1. The Labute approximate surface area is 143 Å². The molecule has 0 saturated heterocycles. The maximum absolute atomic E-state index is 12.1. The average molecular weight is 375 g/mol. The average Bonchev–Trinajstić information content (AvgIpc) is 2.85. The molecule has 0 bridgehead atoms. The number of benzene rings is 1. The zero-order chi connectivity index (χ0) is 17.3. The first-order valence-electron chi connectivity index (χ1n) is 6.52. The Kier molecular flexibility index (Phi) is 5.04. The van der Waals surface area contributed by atoms with Crippen molar-refractivity contribution in [2.45, 2.75) is 30.6 Å². The number of hydrogen-bond acceptors (Lipinski definition) is 6. The molecule has 2 N–H and O–H groups in total. The molecule has 2 rings (SSSR count). The summed E-state index contributed by atoms with van der Waals surface area (Å²) >= 11 is 6.70. The quantitative estimate of drug-likeness (QED) is 0.801. The molecule has 0 radical (unpaired) electrons. The van der Waals surface area contributed by atoms with Crippen LogP contribution in [0.15, 0.2) is 28.6 Å². The Bertz CT molecular complexity index is 828. The standard InChI is InChI=1S/C13H15ClN4O3S2/c1-13(2,3)18-23(20,21)12-17-16-11(22-12)15-10(19)8-6-4-5-7-9(8)14/h4-7,18H,1-3H3,(H,15,16,19). The zero-order valence-corrected chi connectivity index (χ0v) is 15.0. The number of halogens is 1. The van der Waals surface area contributed by atoms with Gasteiger partial charge in [0.05, 0.1) is 10.6 Å². The fourth-order valence-corrected chi connectivity index (χ4v) is 4.16. The molecule has 7 nitrogen and oxygen atoms in total. The second kappa shape index (κ2) is 6.52. The van der Waals surface area contributed by atoms with Crippen molar-refractivity contribution in [3.8, 4) is 0 Å². The monoisotopic (exact) mass is 374 g/mol. The van der Waals surface area contributed by atoms with Crippen LogP contribution in [-0.2, 0) is 10.0 Å². The van der Waals surface area contributed by atoms with Gasteiger partial charge in [-0.25, -0.2) is 13.1 Å². The molecule has 1 aromatic heterocycles. The van der Waals surface area contributed by atoms with E-state index in [2.05, 4.69) is 20.2 Å². The van der Waals surface area contributed by atoms with Crippen molar-refractivity contribution in [1.29, 1.82) is 0 Å². The van der Waals surface area contributed by atoms with Crippen LogP contribution in [0.2, 0.25) is 5.02 Å². The van der Waals surface area contributed by atoms with Crippen molar-refractivity contribution >= 4 is 44.0 Å². The van der Waals surface area contributed by atoms with E-state index in [1.54, 1.807) is 45.0 Å². The van der Waals surface area contributed by atoms with Gasteiger partial charge in [0, 0.05) is 5.54 Å². The summed E-state index contributed by atoms with van der Waals surface area (Å²) in [5.41, 5.74) is -0.382. The van der Waals surface area contributed by atoms with Crippen molar-refractivity contribution in [3.05, 3.63) is 34.9 Å². The lowest BCUT2D eigenvalue weighted by molar-refractivity contribution is 0.102. The van der Waals surface area contributed by atoms with Crippen LogP contribution in [0.1, 0.15) is 31.1 Å². The smallest absolute Gasteiger partial charge is 0.270 e. The first-order chi connectivity index (χ1) is 10.6. The van der Waals surface area contributed by atoms with Crippen molar-refractivity contribution in [1.82, 2.24) is 14.9 Å². The molecule has 1 aromatic carbocycles. The van der Waals surface area contributed by atoms with Crippen molar-refractivity contribution in [2.24, 2.45) is 0 Å². The molecule has 10 heteroatoms. The molecule has 0 aliphatic heterocycles. The van der Waals surface area contributed by atoms with E-state index < -0.39 is 21.5 Å². The van der Waals surface area contributed by atoms with Crippen LogP contribution in [0.4, 0.5) is 5.13 Å². The van der Waals surface area contributed by atoms with E-state index in [0.717, 1.165) is 11.3 Å². The highest BCUT2D eigenvalue weighted by molar-refractivity contribution is 7.91. The van der Waals surface area contributed by atoms with Crippen molar-refractivity contribution < 1.29 is 13.2 Å². The van der Waals surface area contributed by atoms with Gasteiger partial charge in [0.25, 0.3) is 15.9 Å². The van der Waals surface area contributed by atoms with E-state index in [9.17, 15) is 13.2 Å². The summed E-state index contributed by atoms with van der Waals surface area (Å²) in [6, 6.07) is 6.51. The maximum atomic E-state index is 12.1. The minimum absolute atomic E-state index is 0.0733. The van der Waals surface area contributed by atoms with Gasteiger partial charge in [0.1, 0.15) is 0 Å². The molecule has 1 amide bonds. The fraction of sp³-hybridized carbons (Fsp3) is 0.308. The second-order valence-corrected chi connectivity index (χ2v) is 8.90. The molecule has 2 aromatic rings. The molecule has 0 fully saturated rings. The third kappa shape index (κ3) is 4.71. The van der Waals surface area contributed by atoms with Gasteiger partial charge in [-0.15, -0.1) is 10.2 Å². The highest BCUT2D eigenvalue weighted by Crippen LogP contribution is 2.23. The molecule has 0 aliphatic carbocycles. The summed E-state index contributed by atoms with van der Waals surface area (Å²) in [5, 5.41) is 10.1. The Balaban J connectivity index is 2.17. The summed E-state index contributed by atoms with van der Waals surface area (Å²) < 4.78 is 26.5. The maximum Gasteiger partial charge on any atom is 0.270 e. The summed E-state index contributed by atoms with van der Waals surface area (Å²) in [6.45, 7) is 5.14. The number of sulfonamides is 1. The summed E-state index contributed by atoms with van der Waals surface area (Å²) in [7, 11) is -3.79. The number of nitrogens with one attached hydrogen (secondary N) is 2. The van der Waals surface area contributed by atoms with Gasteiger partial charge >= 0.3 is 0 Å². The number of nitrogens with zero attached hydrogens (tertiary/aromatic N) is 2. The highest BCUT2D eigenvalue weighted by Gasteiger charge is 2.26. The van der Waals surface area contributed by atoms with E-state index in [-0.39, 0.29) is 20.1 Å². The van der Waals surface area contributed by atoms with E-state index in [0.29, 0.717) is 0 Å². The molecule has 124 valence electrons. The Morgan fingerprint density at radius 1 is 1.22 bits per heavy atom. The number of amides is 1. The van der Waals surface area contributed by atoms with Crippen LogP contribution < -0.4 is 10.0 Å². The van der Waals surface area contributed by atoms with Gasteiger partial charge in [-0.1, -0.05) is 35.1 Å². The van der Waals surface area contributed by atoms with Crippen LogP contribution in [0.25, 0.3) is 0 Å². The minimum Gasteiger partial charge on any atom is -0.296 e. The van der Waals surface area contributed by atoms with Crippen LogP contribution in [0.3, 0.4) is 0 Å². The Morgan fingerprint density at radius 3 is 2.48 bits per heavy atom. The number of carbonyl (C=O) groups is 1. The third-order valence-corrected chi connectivity index (χ3v) is 5.71. The topological polar surface area (TPSA) is 101 Å². The lowest BCUT2D eigenvalue weighted by Crippen LogP contribution is -2.40. The molecule has 0 aliphatic rings. The molecule has 0 spiro atoms. The minimum atomic E-state index is -3.79. The van der Waals surface area contributed by atoms with Crippen LogP contribution in [0, 0.1) is 0 Å². The number of aromatic nitrogens is 2. The van der Waals surface area contributed by atoms with Gasteiger partial charge < -0.3 is 0 Å². The van der Waals surface area contributed by atoms with Gasteiger partial charge in [0.2, 0.25) is 9.47 Å². The predicted molar refractivity (Wildman–Crippen MR) is 89.4 cm³/mol. The van der Waals surface area contributed by atoms with Crippen LogP contribution in [-0.4, -0.2) is 30.1 Å². The number of rotatable bonds is 4. The highest BCUT2D eigenvalue weighted by atomic mass is 35.5. The lowest BCUT2D eigenvalue weighted by atomic mass is 10.1. The van der Waals surface area contributed by atoms with E-state index in [1.807, 2.05) is 0 Å². The van der Waals surface area contributed by atoms with Gasteiger partial charge in [-0.2, -0.15) is 0 Å². The van der Waals surface area contributed by atoms with Crippen molar-refractivity contribution in [2.75, 3.05) is 5.32 Å². The van der Waals surface area contributed by atoms with Crippen LogP contribution in [0.5, 0.6) is 0 Å². The molecular formula is C13H15ClN4O3S2. The number of carbonyl (C=O) groups excluding carboxylic acids is 1. The van der Waals surface area contributed by atoms with Gasteiger partial charge in [-0.3, -0.25) is 10.1 Å². The summed E-state index contributed by atoms with van der Waals surface area (Å²) in [5.74, 6) is -0.487. The summed E-state index contributed by atoms with van der Waals surface area (Å²) in [6.07, 6.45) is 0. The third-order valence-electron chi connectivity index (χ3n) is 2.42. The first kappa shape index (κ1) is 17.8. The van der Waals surface area contributed by atoms with E-state index >= 15 is 0 Å². The zero-order valence-electron chi connectivity index (χ0n) is 12.6. The van der Waals surface area contributed by atoms with Gasteiger partial charge in [-0.05, 0) is 32.9 Å². The number of hydrogen-bond donors (Lipinski definition) is 2. The molecule has 0 unspecified atom stereocenters. The van der Waals surface area contributed by atoms with Gasteiger partial charge in [0.15, 0.2) is 0 Å². The predicted octanol–water partition coefficient (Wildman–Crippen LogP) is 2.52. The van der Waals surface area contributed by atoms with E-state index in [4.69, 9.17) is 11.6 Å². The van der Waals surface area contributed by atoms with Crippen molar-refractivity contribution in [3.63, 3.8) is 0 Å². The molecule has 0 atom stereocenters. The molecular weight excluding hydrogens is 360 g/mol. The molecule has 0 saturated carbocycles. The van der Waals surface area contributed by atoms with E-state index in [1.165, 1.54) is 0 Å². The van der Waals surface area contributed by atoms with Crippen LogP contribution >= 0.6 is 22.9 Å². The SMILES string of the molecule is CC(C)(C)NS(=O)(=O)c1nnc(NC(=O)c2ccccc2Cl)s1. The molecule has 23 heavy (non-hydrogen) atoms. The normalized spacial score (nSPS) is 12.2. The fourth-order valence-electron chi connectivity index (χ4n) is 1.63. The largest absolute Gasteiger partial charge is 0.296 e.